The molecule has 250 valence electrons. The smallest absolute Gasteiger partial charge is 0.335 e. The lowest BCUT2D eigenvalue weighted by molar-refractivity contribution is -0.131. The van der Waals surface area contributed by atoms with Crippen molar-refractivity contribution in [2.24, 2.45) is 0 Å². The minimum atomic E-state index is -3.14. The maximum absolute atomic E-state index is 15.7. The summed E-state index contributed by atoms with van der Waals surface area (Å²) in [5.74, 6) is -7.09. The number of alkyl halides is 2. The number of carbonyl (C=O) groups is 2. The van der Waals surface area contributed by atoms with Crippen LogP contribution in [-0.4, -0.2) is 54.9 Å². The first-order valence-electron chi connectivity index (χ1n) is 15.0. The lowest BCUT2D eigenvalue weighted by Crippen LogP contribution is -2.37. The number of nitriles is 1. The van der Waals surface area contributed by atoms with E-state index in [1.165, 1.54) is 60.0 Å². The van der Waals surface area contributed by atoms with Crippen molar-refractivity contribution < 1.29 is 41.4 Å². The quantitative estimate of drug-likeness (QED) is 0.177. The molecule has 1 aliphatic rings. The van der Waals surface area contributed by atoms with Crippen molar-refractivity contribution in [2.45, 2.75) is 44.9 Å². The fourth-order valence-electron chi connectivity index (χ4n) is 5.91. The molecule has 6 rings (SSSR count). The zero-order valence-electron chi connectivity index (χ0n) is 25.8. The fraction of sp³-hybridized carbons (Fsp3) is 0.229. The van der Waals surface area contributed by atoms with Crippen LogP contribution >= 0.6 is 0 Å². The van der Waals surface area contributed by atoms with Gasteiger partial charge in [0, 0.05) is 43.5 Å². The highest BCUT2D eigenvalue weighted by atomic mass is 19.3. The average Bonchev–Trinajstić information content (AvgIpc) is 3.56. The summed E-state index contributed by atoms with van der Waals surface area (Å²) in [6.07, 6.45) is -0.934. The van der Waals surface area contributed by atoms with Crippen LogP contribution in [0.1, 0.15) is 46.2 Å². The molecule has 0 aliphatic carbocycles. The second-order valence-electron chi connectivity index (χ2n) is 11.7. The number of hydrogen-bond donors (Lipinski definition) is 1. The molecule has 1 atom stereocenters. The van der Waals surface area contributed by atoms with E-state index in [1.54, 1.807) is 0 Å². The Kier molecular flexibility index (Phi) is 8.77. The summed E-state index contributed by atoms with van der Waals surface area (Å²) >= 11 is 0. The van der Waals surface area contributed by atoms with E-state index in [4.69, 9.17) is 10.00 Å². The predicted molar refractivity (Wildman–Crippen MR) is 165 cm³/mol. The van der Waals surface area contributed by atoms with Crippen LogP contribution in [0.5, 0.6) is 5.88 Å². The molecule has 1 fully saturated rings. The number of likely N-dealkylation sites (tertiary alicyclic amines) is 1. The highest BCUT2D eigenvalue weighted by Gasteiger charge is 2.46. The van der Waals surface area contributed by atoms with Gasteiger partial charge in [-0.15, -0.1) is 0 Å². The van der Waals surface area contributed by atoms with E-state index >= 15 is 8.78 Å². The number of halogens is 5. The third-order valence-electron chi connectivity index (χ3n) is 8.29. The molecule has 1 amide bonds. The van der Waals surface area contributed by atoms with Crippen LogP contribution in [0.25, 0.3) is 22.3 Å². The number of pyridine rings is 1. The first-order chi connectivity index (χ1) is 23.3. The SMILES string of the molecule is CC(=O)N1CC(F)(F)C[C@@H]1Cn1c(Cc2cc(F)c(-c3cccc(OCc4ccc(C#N)cc4F)n3)cc2F)nc2ccc(C(=O)O)cc21. The Bertz CT molecular complexity index is 2160. The summed E-state index contributed by atoms with van der Waals surface area (Å²) in [5, 5.41) is 18.5. The van der Waals surface area contributed by atoms with Crippen LogP contribution in [0.2, 0.25) is 0 Å². The molecule has 0 spiro atoms. The number of hydrogen-bond acceptors (Lipinski definition) is 6. The van der Waals surface area contributed by atoms with Gasteiger partial charge in [0.2, 0.25) is 11.8 Å². The second-order valence-corrected chi connectivity index (χ2v) is 11.7. The fourth-order valence-corrected chi connectivity index (χ4v) is 5.91. The molecule has 1 saturated heterocycles. The molecule has 5 aromatic rings. The van der Waals surface area contributed by atoms with Crippen LogP contribution < -0.4 is 4.74 Å². The van der Waals surface area contributed by atoms with Crippen LogP contribution in [0.15, 0.2) is 66.7 Å². The number of aromatic nitrogens is 3. The summed E-state index contributed by atoms with van der Waals surface area (Å²) in [6, 6.07) is 15.1. The van der Waals surface area contributed by atoms with Crippen molar-refractivity contribution >= 4 is 22.9 Å². The zero-order valence-corrected chi connectivity index (χ0v) is 25.8. The molecule has 0 unspecified atom stereocenters. The molecule has 14 heteroatoms. The second kappa shape index (κ2) is 13.0. The standard InChI is InChI=1S/C35H26F5N5O4/c1-19(46)45-18-35(39,40)14-24(45)16-44-31-11-21(34(47)48)7-8-30(31)42-32(44)12-23-10-28(38)25(13-27(23)37)29-3-2-4-33(43-29)49-17-22-6-5-20(15-41)9-26(22)36/h2-11,13,24H,12,14,16-18H2,1H3,(H,47,48)/t24-/m1/s1. The number of ether oxygens (including phenoxy) is 1. The van der Waals surface area contributed by atoms with E-state index in [0.717, 1.165) is 23.1 Å². The number of imidazole rings is 1. The summed E-state index contributed by atoms with van der Waals surface area (Å²) in [5.41, 5.74) is 0.495. The van der Waals surface area contributed by atoms with E-state index in [-0.39, 0.29) is 70.3 Å². The molecule has 0 saturated carbocycles. The van der Waals surface area contributed by atoms with Gasteiger partial charge in [-0.05, 0) is 54.1 Å². The van der Waals surface area contributed by atoms with Crippen molar-refractivity contribution in [2.75, 3.05) is 6.54 Å². The van der Waals surface area contributed by atoms with Crippen molar-refractivity contribution in [1.29, 1.82) is 5.26 Å². The Morgan fingerprint density at radius 2 is 1.78 bits per heavy atom. The Labute approximate surface area is 275 Å². The van der Waals surface area contributed by atoms with Crippen LogP contribution in [0.4, 0.5) is 22.0 Å². The number of carbonyl (C=O) groups excluding carboxylic acids is 1. The highest BCUT2D eigenvalue weighted by Crippen LogP contribution is 2.35. The number of carboxylic acids is 1. The van der Waals surface area contributed by atoms with E-state index in [2.05, 4.69) is 9.97 Å². The van der Waals surface area contributed by atoms with E-state index in [1.807, 2.05) is 6.07 Å². The molecule has 49 heavy (non-hydrogen) atoms. The third kappa shape index (κ3) is 6.92. The summed E-state index contributed by atoms with van der Waals surface area (Å²) in [6.45, 7) is -0.0184. The largest absolute Gasteiger partial charge is 0.478 e. The van der Waals surface area contributed by atoms with Gasteiger partial charge in [0.15, 0.2) is 0 Å². The van der Waals surface area contributed by atoms with Gasteiger partial charge in [-0.1, -0.05) is 12.1 Å². The summed E-state index contributed by atoms with van der Waals surface area (Å²) in [7, 11) is 0. The molecule has 2 aromatic heterocycles. The number of benzene rings is 3. The van der Waals surface area contributed by atoms with Crippen molar-refractivity contribution in [3.63, 3.8) is 0 Å². The van der Waals surface area contributed by atoms with Gasteiger partial charge in [0.1, 0.15) is 29.9 Å². The lowest BCUT2D eigenvalue weighted by atomic mass is 10.0. The zero-order chi connectivity index (χ0) is 35.0. The van der Waals surface area contributed by atoms with Gasteiger partial charge < -0.3 is 19.3 Å². The minimum absolute atomic E-state index is 0.0108. The van der Waals surface area contributed by atoms with Crippen LogP contribution in [0, 0.1) is 28.8 Å². The molecule has 9 nitrogen and oxygen atoms in total. The van der Waals surface area contributed by atoms with Gasteiger partial charge >= 0.3 is 5.97 Å². The maximum Gasteiger partial charge on any atom is 0.335 e. The van der Waals surface area contributed by atoms with Gasteiger partial charge in [0.25, 0.3) is 5.92 Å². The highest BCUT2D eigenvalue weighted by molar-refractivity contribution is 5.92. The van der Waals surface area contributed by atoms with Gasteiger partial charge in [-0.3, -0.25) is 4.79 Å². The lowest BCUT2D eigenvalue weighted by Gasteiger charge is -2.24. The molecular weight excluding hydrogens is 649 g/mol. The predicted octanol–water partition coefficient (Wildman–Crippen LogP) is 6.51. The van der Waals surface area contributed by atoms with Crippen molar-refractivity contribution in [3.8, 4) is 23.2 Å². The van der Waals surface area contributed by atoms with Gasteiger partial charge in [0.05, 0.1) is 46.5 Å². The van der Waals surface area contributed by atoms with E-state index in [0.29, 0.717) is 5.52 Å². The van der Waals surface area contributed by atoms with Crippen molar-refractivity contribution in [1.82, 2.24) is 19.4 Å². The minimum Gasteiger partial charge on any atom is -0.478 e. The Hall–Kier alpha value is -5.84. The van der Waals surface area contributed by atoms with Crippen molar-refractivity contribution in [3.05, 3.63) is 112 Å². The number of nitrogens with zero attached hydrogens (tertiary/aromatic N) is 5. The molecular formula is C35H26F5N5O4. The Morgan fingerprint density at radius 1 is 1.00 bits per heavy atom. The first-order valence-corrected chi connectivity index (χ1v) is 15.0. The van der Waals surface area contributed by atoms with Crippen LogP contribution in [-0.2, 0) is 24.4 Å². The van der Waals surface area contributed by atoms with E-state index in [9.17, 15) is 27.9 Å². The molecule has 1 N–H and O–H groups in total. The number of carboxylic acid groups (broad SMARTS) is 1. The number of aromatic carboxylic acids is 1. The summed E-state index contributed by atoms with van der Waals surface area (Å²) in [4.78, 5) is 33.7. The first kappa shape index (κ1) is 33.1. The molecule has 0 radical (unpaired) electrons. The molecule has 3 aromatic carbocycles. The molecule has 1 aliphatic heterocycles. The monoisotopic (exact) mass is 675 g/mol. The van der Waals surface area contributed by atoms with E-state index < -0.39 is 54.3 Å². The van der Waals surface area contributed by atoms with Crippen LogP contribution in [0.3, 0.4) is 0 Å². The van der Waals surface area contributed by atoms with Gasteiger partial charge in [-0.25, -0.2) is 36.7 Å². The Morgan fingerprint density at radius 3 is 2.49 bits per heavy atom. The summed E-state index contributed by atoms with van der Waals surface area (Å²) < 4.78 is 81.3. The molecule has 3 heterocycles. The Balaban J connectivity index is 1.30. The van der Waals surface area contributed by atoms with Gasteiger partial charge in [-0.2, -0.15) is 5.26 Å². The number of rotatable bonds is 9. The third-order valence-corrected chi connectivity index (χ3v) is 8.29. The number of fused-ring (bicyclic) bond motifs is 1. The maximum atomic E-state index is 15.7. The number of amides is 1. The topological polar surface area (TPSA) is 121 Å². The molecule has 0 bridgehead atoms. The average molecular weight is 676 g/mol. The normalized spacial score (nSPS) is 15.4.